The summed E-state index contributed by atoms with van der Waals surface area (Å²) in [5.74, 6) is 1.38. The fourth-order valence-corrected chi connectivity index (χ4v) is 4.89. The van der Waals surface area contributed by atoms with Crippen LogP contribution in [0.2, 0.25) is 5.02 Å². The van der Waals surface area contributed by atoms with Crippen LogP contribution in [0, 0.1) is 0 Å². The van der Waals surface area contributed by atoms with Gasteiger partial charge in [-0.2, -0.15) is 4.98 Å². The lowest BCUT2D eigenvalue weighted by Crippen LogP contribution is -2.31. The van der Waals surface area contributed by atoms with E-state index in [1.807, 2.05) is 54.8 Å². The Morgan fingerprint density at radius 1 is 1.15 bits per heavy atom. The number of nitrogens with one attached hydrogen (secondary N) is 2. The van der Waals surface area contributed by atoms with Crippen molar-refractivity contribution < 1.29 is 9.53 Å². The third kappa shape index (κ3) is 3.88. The van der Waals surface area contributed by atoms with E-state index in [0.29, 0.717) is 39.5 Å². The molecule has 0 spiro atoms. The minimum atomic E-state index is -0.445. The Morgan fingerprint density at radius 3 is 2.70 bits per heavy atom. The molecule has 0 bridgehead atoms. The number of rotatable bonds is 5. The van der Waals surface area contributed by atoms with E-state index in [9.17, 15) is 4.79 Å². The van der Waals surface area contributed by atoms with Crippen molar-refractivity contribution in [2.24, 2.45) is 0 Å². The van der Waals surface area contributed by atoms with E-state index in [1.165, 1.54) is 0 Å². The van der Waals surface area contributed by atoms with Crippen LogP contribution in [0.4, 0.5) is 11.6 Å². The highest BCUT2D eigenvalue weighted by molar-refractivity contribution is 7.10. The number of benzene rings is 2. The Hall–Kier alpha value is -3.62. The molecule has 0 unspecified atom stereocenters. The van der Waals surface area contributed by atoms with Gasteiger partial charge in [0.15, 0.2) is 5.82 Å². The molecule has 9 heteroatoms. The van der Waals surface area contributed by atoms with Gasteiger partial charge in [-0.1, -0.05) is 41.9 Å². The van der Waals surface area contributed by atoms with E-state index in [4.69, 9.17) is 21.4 Å². The van der Waals surface area contributed by atoms with Crippen LogP contribution < -0.4 is 15.4 Å². The maximum Gasteiger partial charge on any atom is 0.256 e. The van der Waals surface area contributed by atoms with Gasteiger partial charge in [-0.15, -0.1) is 16.4 Å². The first-order valence-electron chi connectivity index (χ1n) is 10.2. The number of para-hydroxylation sites is 2. The van der Waals surface area contributed by atoms with E-state index >= 15 is 0 Å². The highest BCUT2D eigenvalue weighted by Gasteiger charge is 2.35. The molecule has 2 aromatic heterocycles. The number of allylic oxidation sites excluding steroid dienone is 1. The van der Waals surface area contributed by atoms with E-state index < -0.39 is 6.04 Å². The van der Waals surface area contributed by atoms with Gasteiger partial charge >= 0.3 is 0 Å². The number of aromatic nitrogens is 3. The fraction of sp³-hybridized carbons (Fsp3) is 0.125. The molecule has 1 aliphatic heterocycles. The molecule has 33 heavy (non-hydrogen) atoms. The maximum absolute atomic E-state index is 13.5. The zero-order valence-electron chi connectivity index (χ0n) is 17.9. The van der Waals surface area contributed by atoms with Crippen molar-refractivity contribution >= 4 is 40.5 Å². The molecular weight excluding hydrogens is 458 g/mol. The van der Waals surface area contributed by atoms with Crippen molar-refractivity contribution in [1.82, 2.24) is 14.8 Å². The Balaban J connectivity index is 1.58. The molecule has 2 N–H and O–H groups in total. The second-order valence-corrected chi connectivity index (χ2v) is 8.81. The minimum Gasteiger partial charge on any atom is -0.495 e. The number of methoxy groups -OCH3 is 1. The number of fused-ring (bicyclic) bond motifs is 1. The Labute approximate surface area is 199 Å². The SMILES string of the molecule is COc1ccccc1NC(=O)C1=C(C)Nc2nc(-c3ccccc3Cl)nn2[C@@H]1c1cccs1. The van der Waals surface area contributed by atoms with Crippen molar-refractivity contribution in [2.45, 2.75) is 13.0 Å². The number of carbonyl (C=O) groups excluding carboxylic acids is 1. The number of carbonyl (C=O) groups is 1. The molecule has 0 aliphatic carbocycles. The number of ether oxygens (including phenoxy) is 1. The Bertz CT molecular complexity index is 1360. The molecule has 5 rings (SSSR count). The quantitative estimate of drug-likeness (QED) is 0.391. The standard InChI is InChI=1S/C24H20ClN5O2S/c1-14-20(23(31)27-17-10-5-6-11-18(17)32-2)21(19-12-7-13-33-19)30-24(26-14)28-22(29-30)15-8-3-4-9-16(15)25/h3-13,21H,1-2H3,(H,27,31)(H,26,28,29)/t21-/m1/s1. The van der Waals surface area contributed by atoms with Gasteiger partial charge in [0.05, 0.1) is 23.4 Å². The number of anilines is 2. The van der Waals surface area contributed by atoms with Crippen molar-refractivity contribution in [3.8, 4) is 17.1 Å². The largest absolute Gasteiger partial charge is 0.495 e. The third-order valence-corrected chi connectivity index (χ3v) is 6.63. The number of hydrogen-bond acceptors (Lipinski definition) is 6. The molecule has 1 amide bonds. The van der Waals surface area contributed by atoms with Crippen molar-refractivity contribution in [1.29, 1.82) is 0 Å². The average Bonchev–Trinajstić information content (AvgIpc) is 3.49. The van der Waals surface area contributed by atoms with Crippen LogP contribution in [-0.4, -0.2) is 27.8 Å². The number of amides is 1. The van der Waals surface area contributed by atoms with E-state index in [0.717, 1.165) is 10.4 Å². The van der Waals surface area contributed by atoms with Crippen molar-refractivity contribution in [3.05, 3.63) is 87.2 Å². The summed E-state index contributed by atoms with van der Waals surface area (Å²) < 4.78 is 7.14. The van der Waals surface area contributed by atoms with E-state index in [-0.39, 0.29) is 5.91 Å². The smallest absolute Gasteiger partial charge is 0.256 e. The van der Waals surface area contributed by atoms with Gasteiger partial charge in [-0.3, -0.25) is 4.79 Å². The topological polar surface area (TPSA) is 81.1 Å². The molecule has 0 saturated carbocycles. The Morgan fingerprint density at radius 2 is 1.94 bits per heavy atom. The van der Waals surface area contributed by atoms with Crippen LogP contribution in [0.3, 0.4) is 0 Å². The van der Waals surface area contributed by atoms with Gasteiger partial charge in [0.25, 0.3) is 5.91 Å². The summed E-state index contributed by atoms with van der Waals surface area (Å²) >= 11 is 7.95. The molecule has 4 aromatic rings. The molecule has 1 aliphatic rings. The van der Waals surface area contributed by atoms with Gasteiger partial charge in [0, 0.05) is 16.1 Å². The average molecular weight is 478 g/mol. The Kier molecular flexibility index (Phi) is 5.62. The van der Waals surface area contributed by atoms with Crippen LogP contribution in [0.5, 0.6) is 5.75 Å². The van der Waals surface area contributed by atoms with Gasteiger partial charge in [0.2, 0.25) is 5.95 Å². The highest BCUT2D eigenvalue weighted by atomic mass is 35.5. The summed E-state index contributed by atoms with van der Waals surface area (Å²) in [7, 11) is 1.57. The zero-order chi connectivity index (χ0) is 22.9. The van der Waals surface area contributed by atoms with E-state index in [1.54, 1.807) is 41.3 Å². The van der Waals surface area contributed by atoms with E-state index in [2.05, 4.69) is 15.6 Å². The summed E-state index contributed by atoms with van der Waals surface area (Å²) in [5, 5.41) is 13.5. The predicted octanol–water partition coefficient (Wildman–Crippen LogP) is 5.60. The number of hydrogen-bond donors (Lipinski definition) is 2. The molecule has 166 valence electrons. The molecular formula is C24H20ClN5O2S. The van der Waals surface area contributed by atoms with Crippen molar-refractivity contribution in [3.63, 3.8) is 0 Å². The van der Waals surface area contributed by atoms with Crippen LogP contribution in [0.15, 0.2) is 77.3 Å². The molecule has 2 aromatic carbocycles. The summed E-state index contributed by atoms with van der Waals surface area (Å²) in [6, 6.07) is 18.2. The van der Waals surface area contributed by atoms with Gasteiger partial charge < -0.3 is 15.4 Å². The van der Waals surface area contributed by atoms with Gasteiger partial charge in [-0.25, -0.2) is 4.68 Å². The van der Waals surface area contributed by atoms with Crippen LogP contribution in [-0.2, 0) is 4.79 Å². The number of halogens is 1. The first-order chi connectivity index (χ1) is 16.1. The van der Waals surface area contributed by atoms with Crippen LogP contribution in [0.1, 0.15) is 17.8 Å². The minimum absolute atomic E-state index is 0.247. The monoisotopic (exact) mass is 477 g/mol. The molecule has 0 saturated heterocycles. The normalized spacial score (nSPS) is 15.1. The number of nitrogens with zero attached hydrogens (tertiary/aromatic N) is 3. The lowest BCUT2D eigenvalue weighted by molar-refractivity contribution is -0.113. The number of thiophene rings is 1. The second kappa shape index (κ2) is 8.73. The van der Waals surface area contributed by atoms with Crippen LogP contribution in [0.25, 0.3) is 11.4 Å². The molecule has 7 nitrogen and oxygen atoms in total. The highest BCUT2D eigenvalue weighted by Crippen LogP contribution is 2.39. The lowest BCUT2D eigenvalue weighted by Gasteiger charge is -2.27. The van der Waals surface area contributed by atoms with Gasteiger partial charge in [0.1, 0.15) is 11.8 Å². The summed E-state index contributed by atoms with van der Waals surface area (Å²) in [4.78, 5) is 19.2. The molecule has 0 fully saturated rings. The van der Waals surface area contributed by atoms with Crippen molar-refractivity contribution in [2.75, 3.05) is 17.7 Å². The predicted molar refractivity (Wildman–Crippen MR) is 131 cm³/mol. The van der Waals surface area contributed by atoms with Crippen LogP contribution >= 0.6 is 22.9 Å². The zero-order valence-corrected chi connectivity index (χ0v) is 19.4. The first-order valence-corrected chi connectivity index (χ1v) is 11.5. The first kappa shape index (κ1) is 21.2. The van der Waals surface area contributed by atoms with Gasteiger partial charge in [-0.05, 0) is 42.6 Å². The third-order valence-electron chi connectivity index (χ3n) is 5.38. The second-order valence-electron chi connectivity index (χ2n) is 7.42. The lowest BCUT2D eigenvalue weighted by atomic mass is 10.0. The molecule has 3 heterocycles. The summed E-state index contributed by atoms with van der Waals surface area (Å²) in [5.41, 5.74) is 2.57. The summed E-state index contributed by atoms with van der Waals surface area (Å²) in [6.07, 6.45) is 0. The maximum atomic E-state index is 13.5. The summed E-state index contributed by atoms with van der Waals surface area (Å²) in [6.45, 7) is 1.87. The molecule has 0 radical (unpaired) electrons. The molecule has 1 atom stereocenters. The fourth-order valence-electron chi connectivity index (χ4n) is 3.85.